The van der Waals surface area contributed by atoms with Crippen molar-refractivity contribution in [2.45, 2.75) is 40.7 Å². The van der Waals surface area contributed by atoms with E-state index in [1.54, 1.807) is 6.92 Å². The van der Waals surface area contributed by atoms with Crippen LogP contribution < -0.4 is 4.90 Å². The average molecular weight is 250 g/mol. The van der Waals surface area contributed by atoms with E-state index in [1.807, 2.05) is 12.3 Å². The van der Waals surface area contributed by atoms with Gasteiger partial charge in [-0.2, -0.15) is 0 Å². The maximum Gasteiger partial charge on any atom is 0.0931 e. The van der Waals surface area contributed by atoms with Crippen molar-refractivity contribution in [2.24, 2.45) is 11.8 Å². The summed E-state index contributed by atoms with van der Waals surface area (Å²) in [5, 5.41) is 9.47. The molecule has 1 atom stereocenters. The highest BCUT2D eigenvalue weighted by Crippen LogP contribution is 2.18. The molecular formula is C15H26N2O. The number of anilines is 1. The number of aliphatic hydroxyl groups excluding tert-OH is 1. The van der Waals surface area contributed by atoms with Crippen LogP contribution in [0.4, 0.5) is 5.69 Å². The van der Waals surface area contributed by atoms with Crippen molar-refractivity contribution in [3.8, 4) is 0 Å². The molecule has 0 saturated carbocycles. The predicted octanol–water partition coefficient (Wildman–Crippen LogP) is 3.25. The second-order valence-electron chi connectivity index (χ2n) is 5.81. The maximum atomic E-state index is 9.47. The van der Waals surface area contributed by atoms with Crippen LogP contribution in [0.25, 0.3) is 0 Å². The summed E-state index contributed by atoms with van der Waals surface area (Å²) in [5.41, 5.74) is 1.87. The zero-order valence-corrected chi connectivity index (χ0v) is 12.2. The van der Waals surface area contributed by atoms with Crippen molar-refractivity contribution < 1.29 is 5.11 Å². The van der Waals surface area contributed by atoms with Gasteiger partial charge >= 0.3 is 0 Å². The highest BCUT2D eigenvalue weighted by Gasteiger charge is 2.11. The first-order chi connectivity index (χ1) is 8.40. The Morgan fingerprint density at radius 1 is 1.06 bits per heavy atom. The van der Waals surface area contributed by atoms with Gasteiger partial charge in [-0.25, -0.2) is 0 Å². The molecule has 3 nitrogen and oxygen atoms in total. The highest BCUT2D eigenvalue weighted by atomic mass is 16.3. The summed E-state index contributed by atoms with van der Waals surface area (Å²) in [6, 6.07) is 3.97. The largest absolute Gasteiger partial charge is 0.387 e. The average Bonchev–Trinajstić information content (AvgIpc) is 2.27. The third-order valence-electron chi connectivity index (χ3n) is 2.74. The second-order valence-corrected chi connectivity index (χ2v) is 5.81. The molecule has 0 radical (unpaired) electrons. The fourth-order valence-corrected chi connectivity index (χ4v) is 2.00. The van der Waals surface area contributed by atoms with E-state index in [9.17, 15) is 5.11 Å². The maximum absolute atomic E-state index is 9.47. The van der Waals surface area contributed by atoms with Gasteiger partial charge in [0.05, 0.1) is 23.7 Å². The molecular weight excluding hydrogens is 224 g/mol. The predicted molar refractivity (Wildman–Crippen MR) is 76.8 cm³/mol. The lowest BCUT2D eigenvalue weighted by Crippen LogP contribution is -2.31. The van der Waals surface area contributed by atoms with Crippen molar-refractivity contribution >= 4 is 5.69 Å². The van der Waals surface area contributed by atoms with Crippen LogP contribution in [-0.2, 0) is 0 Å². The Morgan fingerprint density at radius 2 is 1.61 bits per heavy atom. The SMILES string of the molecule is CC(C)CN(CC(C)C)c1ccc([C@H](C)O)nc1. The molecule has 0 aromatic carbocycles. The topological polar surface area (TPSA) is 36.4 Å². The van der Waals surface area contributed by atoms with E-state index in [0.29, 0.717) is 11.8 Å². The standard InChI is InChI=1S/C15H26N2O/c1-11(2)9-17(10-12(3)4)14-6-7-15(13(5)18)16-8-14/h6-8,11-13,18H,9-10H2,1-5H3/t13-/m0/s1. The van der Waals surface area contributed by atoms with Crippen LogP contribution in [0.5, 0.6) is 0 Å². The lowest BCUT2D eigenvalue weighted by Gasteiger charge is -2.28. The third kappa shape index (κ3) is 4.65. The van der Waals surface area contributed by atoms with Gasteiger partial charge < -0.3 is 10.0 Å². The van der Waals surface area contributed by atoms with Crippen LogP contribution in [0, 0.1) is 11.8 Å². The van der Waals surface area contributed by atoms with Crippen LogP contribution in [-0.4, -0.2) is 23.2 Å². The number of pyridine rings is 1. The fraction of sp³-hybridized carbons (Fsp3) is 0.667. The van der Waals surface area contributed by atoms with E-state index in [2.05, 4.69) is 43.6 Å². The number of hydrogen-bond donors (Lipinski definition) is 1. The molecule has 1 heterocycles. The zero-order chi connectivity index (χ0) is 13.7. The number of aliphatic hydroxyl groups is 1. The molecule has 102 valence electrons. The van der Waals surface area contributed by atoms with E-state index >= 15 is 0 Å². The van der Waals surface area contributed by atoms with Gasteiger partial charge in [-0.1, -0.05) is 27.7 Å². The molecule has 18 heavy (non-hydrogen) atoms. The Balaban J connectivity index is 2.83. The number of hydrogen-bond acceptors (Lipinski definition) is 3. The normalized spacial score (nSPS) is 13.1. The third-order valence-corrected chi connectivity index (χ3v) is 2.74. The van der Waals surface area contributed by atoms with E-state index in [0.717, 1.165) is 24.5 Å². The van der Waals surface area contributed by atoms with Crippen LogP contribution in [0.1, 0.15) is 46.4 Å². The van der Waals surface area contributed by atoms with E-state index < -0.39 is 6.10 Å². The summed E-state index contributed by atoms with van der Waals surface area (Å²) >= 11 is 0. The summed E-state index contributed by atoms with van der Waals surface area (Å²) in [6.07, 6.45) is 1.37. The van der Waals surface area contributed by atoms with E-state index in [-0.39, 0.29) is 0 Å². The highest BCUT2D eigenvalue weighted by molar-refractivity contribution is 5.44. The molecule has 0 aliphatic carbocycles. The molecule has 0 saturated heterocycles. The molecule has 0 bridgehead atoms. The summed E-state index contributed by atoms with van der Waals surface area (Å²) in [6.45, 7) is 12.7. The Morgan fingerprint density at radius 3 is 1.94 bits per heavy atom. The van der Waals surface area contributed by atoms with Crippen LogP contribution in [0.15, 0.2) is 18.3 Å². The van der Waals surface area contributed by atoms with Crippen LogP contribution in [0.2, 0.25) is 0 Å². The van der Waals surface area contributed by atoms with Crippen molar-refractivity contribution in [2.75, 3.05) is 18.0 Å². The lowest BCUT2D eigenvalue weighted by molar-refractivity contribution is 0.194. The van der Waals surface area contributed by atoms with Gasteiger partial charge in [-0.15, -0.1) is 0 Å². The smallest absolute Gasteiger partial charge is 0.0931 e. The van der Waals surface area contributed by atoms with E-state index in [4.69, 9.17) is 0 Å². The first kappa shape index (κ1) is 15.0. The molecule has 1 aromatic rings. The first-order valence-electron chi connectivity index (χ1n) is 6.79. The zero-order valence-electron chi connectivity index (χ0n) is 12.2. The lowest BCUT2D eigenvalue weighted by atomic mass is 10.1. The second kappa shape index (κ2) is 6.74. The number of aromatic nitrogens is 1. The van der Waals surface area contributed by atoms with Crippen molar-refractivity contribution in [1.82, 2.24) is 4.98 Å². The molecule has 0 amide bonds. The fourth-order valence-electron chi connectivity index (χ4n) is 2.00. The van der Waals surface area contributed by atoms with Crippen LogP contribution >= 0.6 is 0 Å². The molecule has 0 aliphatic rings. The summed E-state index contributed by atoms with van der Waals surface area (Å²) in [7, 11) is 0. The van der Waals surface area contributed by atoms with Crippen molar-refractivity contribution in [1.29, 1.82) is 0 Å². The quantitative estimate of drug-likeness (QED) is 0.842. The van der Waals surface area contributed by atoms with Gasteiger partial charge in [-0.3, -0.25) is 4.98 Å². The Kier molecular flexibility index (Phi) is 5.60. The molecule has 0 aliphatic heterocycles. The monoisotopic (exact) mass is 250 g/mol. The molecule has 3 heteroatoms. The summed E-state index contributed by atoms with van der Waals surface area (Å²) in [5.74, 6) is 1.25. The molecule has 0 fully saturated rings. The van der Waals surface area contributed by atoms with Gasteiger partial charge in [0, 0.05) is 13.1 Å². The van der Waals surface area contributed by atoms with Gasteiger partial charge in [0.1, 0.15) is 0 Å². The molecule has 1 N–H and O–H groups in total. The molecule has 0 unspecified atom stereocenters. The molecule has 1 aromatic heterocycles. The minimum Gasteiger partial charge on any atom is -0.387 e. The summed E-state index contributed by atoms with van der Waals surface area (Å²) in [4.78, 5) is 6.69. The van der Waals surface area contributed by atoms with Gasteiger partial charge in [0.25, 0.3) is 0 Å². The Labute approximate surface area is 111 Å². The Bertz CT molecular complexity index is 334. The van der Waals surface area contributed by atoms with Crippen LogP contribution in [0.3, 0.4) is 0 Å². The molecule has 0 spiro atoms. The minimum atomic E-state index is -0.498. The van der Waals surface area contributed by atoms with Gasteiger partial charge in [0.15, 0.2) is 0 Å². The number of nitrogens with zero attached hydrogens (tertiary/aromatic N) is 2. The summed E-state index contributed by atoms with van der Waals surface area (Å²) < 4.78 is 0. The van der Waals surface area contributed by atoms with Gasteiger partial charge in [0.2, 0.25) is 0 Å². The minimum absolute atomic E-state index is 0.498. The van der Waals surface area contributed by atoms with Gasteiger partial charge in [-0.05, 0) is 30.9 Å². The van der Waals surface area contributed by atoms with E-state index in [1.165, 1.54) is 0 Å². The molecule has 1 rings (SSSR count). The van der Waals surface area contributed by atoms with Crippen molar-refractivity contribution in [3.63, 3.8) is 0 Å². The Hall–Kier alpha value is -1.09. The first-order valence-corrected chi connectivity index (χ1v) is 6.79. The number of rotatable bonds is 6. The van der Waals surface area contributed by atoms with Crippen molar-refractivity contribution in [3.05, 3.63) is 24.0 Å².